The highest BCUT2D eigenvalue weighted by Crippen LogP contribution is 2.29. The fourth-order valence-corrected chi connectivity index (χ4v) is 4.54. The zero-order valence-corrected chi connectivity index (χ0v) is 22.9. The smallest absolute Gasteiger partial charge is 0.263 e. The van der Waals surface area contributed by atoms with Crippen molar-refractivity contribution in [3.05, 3.63) is 101 Å². The van der Waals surface area contributed by atoms with Gasteiger partial charge in [-0.05, 0) is 60.0 Å². The highest BCUT2D eigenvalue weighted by atomic mass is 16.5. The molecule has 0 bridgehead atoms. The van der Waals surface area contributed by atoms with Crippen molar-refractivity contribution in [2.45, 2.75) is 32.2 Å². The van der Waals surface area contributed by atoms with Crippen LogP contribution < -0.4 is 27.1 Å². The van der Waals surface area contributed by atoms with Crippen LogP contribution >= 0.6 is 0 Å². The number of nitrogens with two attached hydrogens (primary N) is 2. The van der Waals surface area contributed by atoms with Crippen LogP contribution in [-0.2, 0) is 6.42 Å². The molecule has 0 aliphatic heterocycles. The molecule has 1 aliphatic rings. The van der Waals surface area contributed by atoms with Crippen molar-refractivity contribution in [1.82, 2.24) is 24.8 Å². The van der Waals surface area contributed by atoms with E-state index in [1.54, 1.807) is 13.3 Å². The molecule has 1 fully saturated rings. The molecule has 3 aromatic heterocycles. The van der Waals surface area contributed by atoms with Crippen LogP contribution in [0.25, 0.3) is 27.6 Å². The van der Waals surface area contributed by atoms with E-state index in [1.165, 1.54) is 6.20 Å². The lowest BCUT2D eigenvalue weighted by Gasteiger charge is -2.15. The molecule has 1 saturated carbocycles. The predicted octanol–water partition coefficient (Wildman–Crippen LogP) is 4.16. The van der Waals surface area contributed by atoms with E-state index in [4.69, 9.17) is 16.2 Å². The normalized spacial score (nSPS) is 12.3. The predicted molar refractivity (Wildman–Crippen MR) is 160 cm³/mol. The summed E-state index contributed by atoms with van der Waals surface area (Å²) in [6.07, 6.45) is 5.87. The lowest BCUT2D eigenvalue weighted by atomic mass is 9.99. The van der Waals surface area contributed by atoms with Crippen LogP contribution in [-0.4, -0.2) is 38.6 Å². The molecule has 10 nitrogen and oxygen atoms in total. The lowest BCUT2D eigenvalue weighted by Crippen LogP contribution is -2.26. The van der Waals surface area contributed by atoms with E-state index in [1.807, 2.05) is 65.2 Å². The van der Waals surface area contributed by atoms with Crippen molar-refractivity contribution in [2.24, 2.45) is 0 Å². The van der Waals surface area contributed by atoms with Crippen molar-refractivity contribution in [3.63, 3.8) is 0 Å². The van der Waals surface area contributed by atoms with Crippen LogP contribution in [0.3, 0.4) is 0 Å². The number of anilines is 2. The average molecular weight is 550 g/mol. The molecule has 0 radical (unpaired) electrons. The fourth-order valence-electron chi connectivity index (χ4n) is 4.54. The van der Waals surface area contributed by atoms with Crippen molar-refractivity contribution < 1.29 is 9.53 Å². The van der Waals surface area contributed by atoms with Gasteiger partial charge in [-0.3, -0.25) is 14.2 Å². The van der Waals surface area contributed by atoms with Gasteiger partial charge in [-0.2, -0.15) is 4.98 Å². The molecule has 1 aliphatic carbocycles. The summed E-state index contributed by atoms with van der Waals surface area (Å²) in [7, 11) is 1.59. The average Bonchev–Trinajstić information content (AvgIpc) is 3.81. The number of pyridine rings is 2. The van der Waals surface area contributed by atoms with E-state index in [-0.39, 0.29) is 28.8 Å². The SMILES string of the molecule is CCc1cc2cccc(-c3ccnc(OC)c3)c2c(=O)n1-c1ccccc1.Nc1ncc(C(=O)NC2CC2)c(N)n1. The summed E-state index contributed by atoms with van der Waals surface area (Å²) in [5.41, 5.74) is 14.8. The maximum absolute atomic E-state index is 13.6. The Kier molecular flexibility index (Phi) is 7.91. The number of fused-ring (bicyclic) bond motifs is 1. The molecule has 6 rings (SSSR count). The molecule has 41 heavy (non-hydrogen) atoms. The molecule has 1 amide bonds. The van der Waals surface area contributed by atoms with Gasteiger partial charge in [0.2, 0.25) is 11.8 Å². The van der Waals surface area contributed by atoms with Gasteiger partial charge >= 0.3 is 0 Å². The van der Waals surface area contributed by atoms with Gasteiger partial charge < -0.3 is 21.5 Å². The molecular formula is C31H31N7O3. The number of ether oxygens (including phenoxy) is 1. The van der Waals surface area contributed by atoms with Gasteiger partial charge in [0, 0.05) is 35.9 Å². The monoisotopic (exact) mass is 549 g/mol. The molecule has 3 heterocycles. The van der Waals surface area contributed by atoms with Crippen LogP contribution in [0, 0.1) is 0 Å². The van der Waals surface area contributed by atoms with Crippen molar-refractivity contribution >= 4 is 28.4 Å². The van der Waals surface area contributed by atoms with Crippen molar-refractivity contribution in [2.75, 3.05) is 18.6 Å². The van der Waals surface area contributed by atoms with E-state index in [0.29, 0.717) is 17.3 Å². The molecular weight excluding hydrogens is 518 g/mol. The minimum Gasteiger partial charge on any atom is -0.481 e. The number of aryl methyl sites for hydroxylation is 1. The number of hydrogen-bond donors (Lipinski definition) is 3. The van der Waals surface area contributed by atoms with Crippen LogP contribution in [0.5, 0.6) is 5.88 Å². The lowest BCUT2D eigenvalue weighted by molar-refractivity contribution is 0.0951. The third-order valence-corrected chi connectivity index (χ3v) is 6.75. The summed E-state index contributed by atoms with van der Waals surface area (Å²) in [5, 5.41) is 4.43. The second kappa shape index (κ2) is 11.9. The van der Waals surface area contributed by atoms with Gasteiger partial charge in [0.15, 0.2) is 0 Å². The van der Waals surface area contributed by atoms with E-state index < -0.39 is 0 Å². The number of hydrogen-bond acceptors (Lipinski definition) is 8. The number of aromatic nitrogens is 4. The van der Waals surface area contributed by atoms with Crippen molar-refractivity contribution in [1.29, 1.82) is 0 Å². The molecule has 208 valence electrons. The van der Waals surface area contributed by atoms with Gasteiger partial charge in [-0.15, -0.1) is 0 Å². The van der Waals surface area contributed by atoms with E-state index in [0.717, 1.165) is 47.2 Å². The Morgan fingerprint density at radius 2 is 1.83 bits per heavy atom. The zero-order chi connectivity index (χ0) is 28.9. The number of amides is 1. The fraction of sp³-hybridized carbons (Fsp3) is 0.194. The number of para-hydroxylation sites is 1. The number of carbonyl (C=O) groups excluding carboxylic acids is 1. The Labute approximate surface area is 237 Å². The van der Waals surface area contributed by atoms with Gasteiger partial charge in [0.05, 0.1) is 18.1 Å². The molecule has 5 aromatic rings. The summed E-state index contributed by atoms with van der Waals surface area (Å²) in [6, 6.07) is 21.9. The maximum Gasteiger partial charge on any atom is 0.263 e. The first-order valence-electron chi connectivity index (χ1n) is 13.3. The summed E-state index contributed by atoms with van der Waals surface area (Å²) in [4.78, 5) is 36.7. The second-order valence-corrected chi connectivity index (χ2v) is 9.60. The molecule has 0 saturated heterocycles. The van der Waals surface area contributed by atoms with E-state index in [9.17, 15) is 9.59 Å². The second-order valence-electron chi connectivity index (χ2n) is 9.60. The van der Waals surface area contributed by atoms with Crippen LogP contribution in [0.15, 0.2) is 83.9 Å². The number of nitrogen functional groups attached to an aromatic ring is 2. The first kappa shape index (κ1) is 27.3. The standard InChI is InChI=1S/C23H20N2O2.C8H11N5O/c1-3-18-14-17-8-7-11-20(16-12-13-24-21(15-16)27-2)22(17)23(26)25(18)19-9-5-4-6-10-19;9-6-5(3-11-8(10)13-6)7(14)12-4-1-2-4/h4-15H,3H2,1-2H3;3-4H,1-2H2,(H,12,14)(H4,9,10,11,13). The number of benzene rings is 2. The third-order valence-electron chi connectivity index (χ3n) is 6.75. The Balaban J connectivity index is 0.000000202. The topological polar surface area (TPSA) is 151 Å². The van der Waals surface area contributed by atoms with E-state index in [2.05, 4.69) is 33.3 Å². The third kappa shape index (κ3) is 6.01. The molecule has 0 spiro atoms. The minimum atomic E-state index is -0.231. The van der Waals surface area contributed by atoms with Crippen LogP contribution in [0.4, 0.5) is 11.8 Å². The highest BCUT2D eigenvalue weighted by Gasteiger charge is 2.25. The maximum atomic E-state index is 13.6. The number of nitrogens with one attached hydrogen (secondary N) is 1. The molecule has 2 aromatic carbocycles. The van der Waals surface area contributed by atoms with Gasteiger partial charge in [0.25, 0.3) is 11.5 Å². The number of carbonyl (C=O) groups is 1. The Morgan fingerprint density at radius 1 is 1.05 bits per heavy atom. The molecule has 5 N–H and O–H groups in total. The first-order valence-corrected chi connectivity index (χ1v) is 13.3. The van der Waals surface area contributed by atoms with Gasteiger partial charge in [-0.25, -0.2) is 9.97 Å². The Bertz CT molecular complexity index is 1770. The van der Waals surface area contributed by atoms with Crippen LogP contribution in [0.2, 0.25) is 0 Å². The summed E-state index contributed by atoms with van der Waals surface area (Å²) < 4.78 is 7.06. The molecule has 10 heteroatoms. The Morgan fingerprint density at radius 3 is 2.51 bits per heavy atom. The quantitative estimate of drug-likeness (QED) is 0.286. The van der Waals surface area contributed by atoms with Crippen molar-refractivity contribution in [3.8, 4) is 22.7 Å². The van der Waals surface area contributed by atoms with Gasteiger partial charge in [0.1, 0.15) is 5.82 Å². The number of nitrogens with zero attached hydrogens (tertiary/aromatic N) is 4. The summed E-state index contributed by atoms with van der Waals surface area (Å²) in [6.45, 7) is 2.07. The summed E-state index contributed by atoms with van der Waals surface area (Å²) in [5.74, 6) is 0.490. The number of methoxy groups -OCH3 is 1. The number of rotatable bonds is 6. The first-order chi connectivity index (χ1) is 19.9. The van der Waals surface area contributed by atoms with Crippen LogP contribution in [0.1, 0.15) is 35.8 Å². The minimum absolute atomic E-state index is 0.0121. The molecule has 0 unspecified atom stereocenters. The van der Waals surface area contributed by atoms with E-state index >= 15 is 0 Å². The zero-order valence-electron chi connectivity index (χ0n) is 22.9. The highest BCUT2D eigenvalue weighted by molar-refractivity contribution is 5.98. The Hall–Kier alpha value is -5.25. The van der Waals surface area contributed by atoms with Gasteiger partial charge in [-0.1, -0.05) is 43.3 Å². The molecule has 0 atom stereocenters. The summed E-state index contributed by atoms with van der Waals surface area (Å²) >= 11 is 0. The largest absolute Gasteiger partial charge is 0.481 e.